The Hall–Kier alpha value is -4.33. The Bertz CT molecular complexity index is 1370. The fourth-order valence-electron chi connectivity index (χ4n) is 3.24. The second-order valence-corrected chi connectivity index (χ2v) is 8.36. The minimum atomic E-state index is -0.819. The fraction of sp³-hybridized carbons (Fsp3) is 0.160. The second-order valence-electron chi connectivity index (χ2n) is 8.36. The number of hydrogen-bond acceptors (Lipinski definition) is 6. The number of nitrogens with zero attached hydrogens (tertiary/aromatic N) is 3. The molecule has 3 aromatic rings. The van der Waals surface area contributed by atoms with Crippen molar-refractivity contribution in [3.63, 3.8) is 0 Å². The molecule has 4 rings (SSSR count). The number of fused-ring (bicyclic) bond motifs is 1. The summed E-state index contributed by atoms with van der Waals surface area (Å²) in [6.07, 6.45) is 7.23. The van der Waals surface area contributed by atoms with Gasteiger partial charge in [0, 0.05) is 23.8 Å². The summed E-state index contributed by atoms with van der Waals surface area (Å²) < 4.78 is 5.43. The third-order valence-electron chi connectivity index (χ3n) is 4.67. The first-order chi connectivity index (χ1) is 15.7. The molecule has 1 aliphatic rings. The molecule has 0 saturated carbocycles. The summed E-state index contributed by atoms with van der Waals surface area (Å²) in [4.78, 5) is 49.4. The van der Waals surface area contributed by atoms with Crippen molar-refractivity contribution in [1.29, 1.82) is 0 Å². The van der Waals surface area contributed by atoms with E-state index in [0.29, 0.717) is 5.56 Å². The first-order valence-electron chi connectivity index (χ1n) is 10.3. The topological polar surface area (TPSA) is 105 Å². The average molecular weight is 442 g/mol. The molecule has 2 amide bonds. The molecule has 0 radical (unpaired) electrons. The SMILES string of the molecule is CC(C)(C)OC(=O)N1C(=O)/C(=C/c2ccc(=O)[nH]c2)N=C1/C=C/c1cccc2ncccc12. The summed E-state index contributed by atoms with van der Waals surface area (Å²) >= 11 is 0. The third-order valence-corrected chi connectivity index (χ3v) is 4.67. The number of pyridine rings is 2. The van der Waals surface area contributed by atoms with Crippen molar-refractivity contribution in [2.24, 2.45) is 4.99 Å². The first kappa shape index (κ1) is 21.9. The van der Waals surface area contributed by atoms with Crippen LogP contribution in [0.1, 0.15) is 31.9 Å². The van der Waals surface area contributed by atoms with Crippen LogP contribution in [0.5, 0.6) is 0 Å². The number of benzene rings is 1. The number of aromatic nitrogens is 2. The Kier molecular flexibility index (Phi) is 5.74. The van der Waals surface area contributed by atoms with E-state index in [0.717, 1.165) is 21.4 Å². The number of amides is 2. The van der Waals surface area contributed by atoms with E-state index in [2.05, 4.69) is 15.0 Å². The lowest BCUT2D eigenvalue weighted by Crippen LogP contribution is -2.41. The summed E-state index contributed by atoms with van der Waals surface area (Å²) in [5.74, 6) is -0.486. The van der Waals surface area contributed by atoms with Gasteiger partial charge in [-0.3, -0.25) is 14.6 Å². The van der Waals surface area contributed by atoms with Crippen LogP contribution in [0.3, 0.4) is 0 Å². The molecule has 33 heavy (non-hydrogen) atoms. The maximum absolute atomic E-state index is 13.1. The summed E-state index contributed by atoms with van der Waals surface area (Å²) in [6, 6.07) is 12.4. The molecule has 0 bridgehead atoms. The Balaban J connectivity index is 1.74. The number of aliphatic imine (C=N–C) groups is 1. The van der Waals surface area contributed by atoms with Crippen molar-refractivity contribution in [2.75, 3.05) is 0 Å². The van der Waals surface area contributed by atoms with E-state index >= 15 is 0 Å². The molecule has 0 saturated heterocycles. The molecule has 2 aromatic heterocycles. The number of H-pyrrole nitrogens is 1. The van der Waals surface area contributed by atoms with Crippen molar-refractivity contribution in [2.45, 2.75) is 26.4 Å². The molecule has 0 aliphatic carbocycles. The highest BCUT2D eigenvalue weighted by molar-refractivity contribution is 6.25. The third kappa shape index (κ3) is 4.95. The molecular formula is C25H22N4O4. The van der Waals surface area contributed by atoms with Gasteiger partial charge in [0.1, 0.15) is 17.1 Å². The maximum Gasteiger partial charge on any atom is 0.423 e. The number of amidine groups is 1. The number of carbonyl (C=O) groups excluding carboxylic acids is 2. The number of carbonyl (C=O) groups is 2. The number of imide groups is 1. The second kappa shape index (κ2) is 8.66. The molecule has 8 heteroatoms. The summed E-state index contributed by atoms with van der Waals surface area (Å²) in [7, 11) is 0. The predicted octanol–water partition coefficient (Wildman–Crippen LogP) is 4.15. The van der Waals surface area contributed by atoms with Gasteiger partial charge in [0.25, 0.3) is 5.91 Å². The lowest BCUT2D eigenvalue weighted by atomic mass is 10.1. The Morgan fingerprint density at radius 3 is 2.61 bits per heavy atom. The highest BCUT2D eigenvalue weighted by atomic mass is 16.6. The van der Waals surface area contributed by atoms with Crippen LogP contribution in [-0.4, -0.2) is 38.3 Å². The molecule has 0 spiro atoms. The zero-order valence-corrected chi connectivity index (χ0v) is 18.4. The molecule has 166 valence electrons. The monoisotopic (exact) mass is 442 g/mol. The fourth-order valence-corrected chi connectivity index (χ4v) is 3.24. The van der Waals surface area contributed by atoms with Crippen LogP contribution >= 0.6 is 0 Å². The molecule has 1 aliphatic heterocycles. The number of hydrogen-bond donors (Lipinski definition) is 1. The van der Waals surface area contributed by atoms with Gasteiger partial charge in [-0.15, -0.1) is 0 Å². The molecule has 0 fully saturated rings. The molecule has 1 N–H and O–H groups in total. The van der Waals surface area contributed by atoms with Gasteiger partial charge in [-0.1, -0.05) is 24.3 Å². The van der Waals surface area contributed by atoms with Gasteiger partial charge in [-0.05, 0) is 62.2 Å². The highest BCUT2D eigenvalue weighted by Gasteiger charge is 2.37. The average Bonchev–Trinajstić information content (AvgIpc) is 3.07. The number of nitrogens with one attached hydrogen (secondary N) is 1. The van der Waals surface area contributed by atoms with Gasteiger partial charge in [-0.25, -0.2) is 9.79 Å². The van der Waals surface area contributed by atoms with E-state index in [1.165, 1.54) is 18.3 Å². The quantitative estimate of drug-likeness (QED) is 0.614. The Labute approximate surface area is 189 Å². The van der Waals surface area contributed by atoms with Gasteiger partial charge in [-0.2, -0.15) is 4.90 Å². The van der Waals surface area contributed by atoms with Crippen LogP contribution in [0, 0.1) is 0 Å². The minimum absolute atomic E-state index is 0.0483. The van der Waals surface area contributed by atoms with Gasteiger partial charge >= 0.3 is 6.09 Å². The van der Waals surface area contributed by atoms with Crippen molar-refractivity contribution < 1.29 is 14.3 Å². The lowest BCUT2D eigenvalue weighted by molar-refractivity contribution is -0.122. The summed E-state index contributed by atoms with van der Waals surface area (Å²) in [5.41, 5.74) is 1.24. The standard InChI is InChI=1S/C25H22N4O4/c1-25(2,3)33-24(32)29-21(11-10-17-6-4-8-19-18(17)7-5-13-26-19)28-20(23(29)31)14-16-9-12-22(30)27-15-16/h4-15H,1-3H3,(H,27,30)/b11-10+,20-14-. The van der Waals surface area contributed by atoms with Crippen LogP contribution in [0.2, 0.25) is 0 Å². The van der Waals surface area contributed by atoms with Gasteiger partial charge in [0.2, 0.25) is 5.56 Å². The molecule has 0 atom stereocenters. The first-order valence-corrected chi connectivity index (χ1v) is 10.3. The van der Waals surface area contributed by atoms with E-state index in [9.17, 15) is 14.4 Å². The van der Waals surface area contributed by atoms with Crippen LogP contribution in [0.15, 0.2) is 76.4 Å². The number of ether oxygens (including phenoxy) is 1. The largest absolute Gasteiger partial charge is 0.443 e. The van der Waals surface area contributed by atoms with Crippen LogP contribution in [0.4, 0.5) is 4.79 Å². The van der Waals surface area contributed by atoms with Crippen LogP contribution < -0.4 is 5.56 Å². The minimum Gasteiger partial charge on any atom is -0.443 e. The Morgan fingerprint density at radius 2 is 1.88 bits per heavy atom. The van der Waals surface area contributed by atoms with Gasteiger partial charge in [0.15, 0.2) is 0 Å². The van der Waals surface area contributed by atoms with Crippen molar-refractivity contribution in [1.82, 2.24) is 14.9 Å². The zero-order valence-electron chi connectivity index (χ0n) is 18.4. The van der Waals surface area contributed by atoms with Crippen molar-refractivity contribution in [3.8, 4) is 0 Å². The highest BCUT2D eigenvalue weighted by Crippen LogP contribution is 2.23. The van der Waals surface area contributed by atoms with E-state index in [4.69, 9.17) is 4.74 Å². The molecular weight excluding hydrogens is 420 g/mol. The predicted molar refractivity (Wildman–Crippen MR) is 126 cm³/mol. The smallest absolute Gasteiger partial charge is 0.423 e. The van der Waals surface area contributed by atoms with E-state index in [-0.39, 0.29) is 17.1 Å². The summed E-state index contributed by atoms with van der Waals surface area (Å²) in [6.45, 7) is 5.16. The number of aromatic amines is 1. The Morgan fingerprint density at radius 1 is 1.06 bits per heavy atom. The van der Waals surface area contributed by atoms with Gasteiger partial charge < -0.3 is 9.72 Å². The van der Waals surface area contributed by atoms with Crippen LogP contribution in [0.25, 0.3) is 23.1 Å². The van der Waals surface area contributed by atoms with Crippen molar-refractivity contribution in [3.05, 3.63) is 88.1 Å². The molecule has 1 aromatic carbocycles. The lowest BCUT2D eigenvalue weighted by Gasteiger charge is -2.23. The summed E-state index contributed by atoms with van der Waals surface area (Å²) in [5, 5.41) is 0.925. The molecule has 0 unspecified atom stereocenters. The van der Waals surface area contributed by atoms with Crippen molar-refractivity contribution >= 4 is 40.9 Å². The molecule has 8 nitrogen and oxygen atoms in total. The van der Waals surface area contributed by atoms with E-state index in [1.54, 1.807) is 45.2 Å². The van der Waals surface area contributed by atoms with Crippen LogP contribution in [-0.2, 0) is 9.53 Å². The molecule has 3 heterocycles. The van der Waals surface area contributed by atoms with Gasteiger partial charge in [0.05, 0.1) is 5.52 Å². The van der Waals surface area contributed by atoms with E-state index < -0.39 is 17.6 Å². The number of rotatable bonds is 3. The van der Waals surface area contributed by atoms with E-state index in [1.807, 2.05) is 30.3 Å². The maximum atomic E-state index is 13.1. The normalized spacial score (nSPS) is 15.5. The zero-order chi connectivity index (χ0) is 23.6.